The molecule has 2 rings (SSSR count). The van der Waals surface area contributed by atoms with Crippen LogP contribution in [0.2, 0.25) is 0 Å². The van der Waals surface area contributed by atoms with Crippen LogP contribution in [0.15, 0.2) is 12.1 Å². The van der Waals surface area contributed by atoms with Crippen molar-refractivity contribution in [3.8, 4) is 0 Å². The van der Waals surface area contributed by atoms with E-state index in [1.807, 2.05) is 23.1 Å². The van der Waals surface area contributed by atoms with Crippen molar-refractivity contribution in [3.05, 3.63) is 21.9 Å². The van der Waals surface area contributed by atoms with E-state index in [1.165, 1.54) is 9.75 Å². The molecule has 0 radical (unpaired) electrons. The molecule has 5 nitrogen and oxygen atoms in total. The molecule has 3 N–H and O–H groups in total. The van der Waals surface area contributed by atoms with Crippen LogP contribution >= 0.6 is 34.8 Å². The smallest absolute Gasteiger partial charge is 0.184 e. The zero-order valence-corrected chi connectivity index (χ0v) is 14.1. The molecule has 0 amide bonds. The molecule has 0 aliphatic rings. The van der Waals surface area contributed by atoms with Crippen molar-refractivity contribution in [2.45, 2.75) is 12.3 Å². The Hall–Kier alpha value is -0.830. The molecule has 0 saturated carbocycles. The highest BCUT2D eigenvalue weighted by molar-refractivity contribution is 7.98. The van der Waals surface area contributed by atoms with Crippen LogP contribution in [-0.4, -0.2) is 40.0 Å². The number of nitrogens with one attached hydrogen (secondary N) is 1. The lowest BCUT2D eigenvalue weighted by atomic mass is 10.4. The van der Waals surface area contributed by atoms with Gasteiger partial charge in [0, 0.05) is 34.3 Å². The first kappa shape index (κ1) is 15.6. The lowest BCUT2D eigenvalue weighted by molar-refractivity contribution is 0.406. The number of rotatable bonds is 8. The minimum absolute atomic E-state index is 0.492. The lowest BCUT2D eigenvalue weighted by Gasteiger charge is -2.06. The molecule has 0 atom stereocenters. The van der Waals surface area contributed by atoms with Crippen molar-refractivity contribution in [3.63, 3.8) is 0 Å². The fourth-order valence-electron chi connectivity index (χ4n) is 1.63. The maximum Gasteiger partial charge on any atom is 0.184 e. The topological polar surface area (TPSA) is 67.1 Å². The van der Waals surface area contributed by atoms with Crippen LogP contribution in [0.4, 0.5) is 11.6 Å². The molecule has 0 spiro atoms. The minimum Gasteiger partial charge on any atom is -0.380 e. The van der Waals surface area contributed by atoms with Gasteiger partial charge in [-0.15, -0.1) is 11.3 Å². The molecule has 0 bridgehead atoms. The summed E-state index contributed by atoms with van der Waals surface area (Å²) in [4.78, 5) is 5.05. The zero-order valence-electron chi connectivity index (χ0n) is 11.6. The number of nitrogen functional groups attached to an aromatic ring is 1. The highest BCUT2D eigenvalue weighted by atomic mass is 32.2. The molecule has 20 heavy (non-hydrogen) atoms. The molecule has 2 heterocycles. The largest absolute Gasteiger partial charge is 0.380 e. The predicted molar refractivity (Wildman–Crippen MR) is 90.7 cm³/mol. The summed E-state index contributed by atoms with van der Waals surface area (Å²) in [7, 11) is 4.19. The zero-order chi connectivity index (χ0) is 14.4. The number of thioether (sulfide) groups is 1. The number of nitrogens with two attached hydrogens (primary N) is 1. The van der Waals surface area contributed by atoms with Gasteiger partial charge < -0.3 is 16.0 Å². The number of hydrogen-bond donors (Lipinski definition) is 2. The van der Waals surface area contributed by atoms with E-state index < -0.39 is 0 Å². The molecule has 8 heteroatoms. The van der Waals surface area contributed by atoms with Crippen LogP contribution in [0.1, 0.15) is 9.75 Å². The van der Waals surface area contributed by atoms with Gasteiger partial charge in [-0.1, -0.05) is 0 Å². The van der Waals surface area contributed by atoms with E-state index in [-0.39, 0.29) is 0 Å². The van der Waals surface area contributed by atoms with Crippen molar-refractivity contribution in [1.29, 1.82) is 0 Å². The fourth-order valence-corrected chi connectivity index (χ4v) is 4.19. The molecular formula is C12H19N5S3. The van der Waals surface area contributed by atoms with Gasteiger partial charge in [0.1, 0.15) is 0 Å². The highest BCUT2D eigenvalue weighted by Crippen LogP contribution is 2.22. The van der Waals surface area contributed by atoms with Crippen molar-refractivity contribution in [2.24, 2.45) is 0 Å². The van der Waals surface area contributed by atoms with Crippen LogP contribution in [-0.2, 0) is 12.3 Å². The van der Waals surface area contributed by atoms with Gasteiger partial charge >= 0.3 is 0 Å². The SMILES string of the molecule is CN(C)Cc1ccc(CSCCNc2nsnc2N)s1. The molecule has 2 aromatic heterocycles. The predicted octanol–water partition coefficient (Wildman–Crippen LogP) is 2.59. The normalized spacial score (nSPS) is 11.2. The number of anilines is 2. The Morgan fingerprint density at radius 3 is 2.80 bits per heavy atom. The second-order valence-electron chi connectivity index (χ2n) is 4.58. The summed E-state index contributed by atoms with van der Waals surface area (Å²) in [5, 5.41) is 3.20. The van der Waals surface area contributed by atoms with E-state index in [1.54, 1.807) is 0 Å². The standard InChI is InChI=1S/C12H19N5S3/c1-17(2)7-9-3-4-10(19-9)8-18-6-5-14-12-11(13)15-20-16-12/h3-4H,5-8H2,1-2H3,(H2,13,15)(H,14,16). The third kappa shape index (κ3) is 4.93. The van der Waals surface area contributed by atoms with Crippen LogP contribution in [0.3, 0.4) is 0 Å². The van der Waals surface area contributed by atoms with Crippen LogP contribution in [0, 0.1) is 0 Å². The molecule has 0 aliphatic carbocycles. The number of hydrogen-bond acceptors (Lipinski definition) is 8. The molecule has 0 aliphatic heterocycles. The first-order valence-electron chi connectivity index (χ1n) is 6.27. The third-order valence-corrected chi connectivity index (χ3v) is 5.29. The Morgan fingerprint density at radius 2 is 2.10 bits per heavy atom. The molecule has 0 fully saturated rings. The second-order valence-corrected chi connectivity index (χ2v) is 7.47. The third-order valence-electron chi connectivity index (χ3n) is 2.49. The van der Waals surface area contributed by atoms with Gasteiger partial charge in [0.2, 0.25) is 0 Å². The van der Waals surface area contributed by atoms with Crippen molar-refractivity contribution >= 4 is 46.5 Å². The Labute approximate surface area is 131 Å². The van der Waals surface area contributed by atoms with Crippen LogP contribution in [0.25, 0.3) is 0 Å². The van der Waals surface area contributed by atoms with Crippen molar-refractivity contribution < 1.29 is 0 Å². The summed E-state index contributed by atoms with van der Waals surface area (Å²) in [6, 6.07) is 4.45. The van der Waals surface area contributed by atoms with Crippen LogP contribution in [0.5, 0.6) is 0 Å². The van der Waals surface area contributed by atoms with Gasteiger partial charge in [-0.25, -0.2) is 0 Å². The quantitative estimate of drug-likeness (QED) is 0.726. The van der Waals surface area contributed by atoms with E-state index >= 15 is 0 Å². The Bertz CT molecular complexity index is 523. The van der Waals surface area contributed by atoms with E-state index in [9.17, 15) is 0 Å². The summed E-state index contributed by atoms with van der Waals surface area (Å²) in [6.45, 7) is 1.88. The van der Waals surface area contributed by atoms with Gasteiger partial charge in [-0.2, -0.15) is 20.5 Å². The van der Waals surface area contributed by atoms with Gasteiger partial charge in [0.15, 0.2) is 11.6 Å². The van der Waals surface area contributed by atoms with E-state index in [0.717, 1.165) is 36.3 Å². The van der Waals surface area contributed by atoms with Gasteiger partial charge in [-0.3, -0.25) is 0 Å². The molecule has 0 unspecified atom stereocenters. The summed E-state index contributed by atoms with van der Waals surface area (Å²) in [6.07, 6.45) is 0. The summed E-state index contributed by atoms with van der Waals surface area (Å²) < 4.78 is 8.01. The molecule has 0 aromatic carbocycles. The van der Waals surface area contributed by atoms with Gasteiger partial charge in [0.05, 0.1) is 11.7 Å². The summed E-state index contributed by atoms with van der Waals surface area (Å²) in [5.41, 5.74) is 5.65. The highest BCUT2D eigenvalue weighted by Gasteiger charge is 2.03. The molecule has 2 aromatic rings. The summed E-state index contributed by atoms with van der Waals surface area (Å²) in [5.74, 6) is 3.29. The van der Waals surface area contributed by atoms with E-state index in [4.69, 9.17) is 5.73 Å². The first-order valence-corrected chi connectivity index (χ1v) is 8.97. The van der Waals surface area contributed by atoms with Crippen molar-refractivity contribution in [1.82, 2.24) is 13.6 Å². The maximum atomic E-state index is 5.65. The average Bonchev–Trinajstić information content (AvgIpc) is 2.98. The second kappa shape index (κ2) is 7.82. The van der Waals surface area contributed by atoms with Crippen LogP contribution < -0.4 is 11.1 Å². The minimum atomic E-state index is 0.492. The molecule has 110 valence electrons. The fraction of sp³-hybridized carbons (Fsp3) is 0.500. The maximum absolute atomic E-state index is 5.65. The van der Waals surface area contributed by atoms with Crippen molar-refractivity contribution in [2.75, 3.05) is 37.4 Å². The average molecular weight is 330 g/mol. The number of nitrogens with zero attached hydrogens (tertiary/aromatic N) is 3. The molecular weight excluding hydrogens is 310 g/mol. The molecule has 0 saturated heterocycles. The number of aromatic nitrogens is 2. The lowest BCUT2D eigenvalue weighted by Crippen LogP contribution is -2.09. The monoisotopic (exact) mass is 329 g/mol. The van der Waals surface area contributed by atoms with E-state index in [2.05, 4.69) is 45.2 Å². The first-order chi connectivity index (χ1) is 9.65. The Kier molecular flexibility index (Phi) is 6.08. The van der Waals surface area contributed by atoms with E-state index in [0.29, 0.717) is 11.6 Å². The Balaban J connectivity index is 1.63. The number of thiophene rings is 1. The summed E-state index contributed by atoms with van der Waals surface area (Å²) >= 11 is 4.95. The van der Waals surface area contributed by atoms with Gasteiger partial charge in [0.25, 0.3) is 0 Å². The van der Waals surface area contributed by atoms with Gasteiger partial charge in [-0.05, 0) is 26.2 Å². The Morgan fingerprint density at radius 1 is 1.30 bits per heavy atom.